The third kappa shape index (κ3) is 6.08. The van der Waals surface area contributed by atoms with Crippen LogP contribution in [0.5, 0.6) is 5.75 Å². The predicted molar refractivity (Wildman–Crippen MR) is 57.9 cm³/mol. The first-order valence-electron chi connectivity index (χ1n) is 5.09. The normalized spacial score (nSPS) is 10.8. The second-order valence-electron chi connectivity index (χ2n) is 3.33. The van der Waals surface area contributed by atoms with Crippen molar-refractivity contribution in [3.63, 3.8) is 0 Å². The van der Waals surface area contributed by atoms with Crippen LogP contribution in [0.15, 0.2) is 18.2 Å². The Balaban J connectivity index is 2.63. The summed E-state index contributed by atoms with van der Waals surface area (Å²) in [5, 5.41) is 8.54. The van der Waals surface area contributed by atoms with Crippen LogP contribution in [0.4, 0.5) is 17.6 Å². The van der Waals surface area contributed by atoms with Crippen LogP contribution in [0.3, 0.4) is 0 Å². The second-order valence-corrected chi connectivity index (χ2v) is 3.33. The quantitative estimate of drug-likeness (QED) is 0.397. The number of hydrogen-bond donors (Lipinski definition) is 1. The lowest BCUT2D eigenvalue weighted by molar-refractivity contribution is -0.186. The van der Waals surface area contributed by atoms with E-state index in [4.69, 9.17) is 9.84 Å². The number of alkyl halides is 3. The lowest BCUT2D eigenvalue weighted by Gasteiger charge is -2.10. The molecular weight excluding hydrogens is 268 g/mol. The number of aliphatic hydroxyl groups is 1. The van der Waals surface area contributed by atoms with Crippen molar-refractivity contribution in [3.05, 3.63) is 29.6 Å². The Morgan fingerprint density at radius 2 is 2.00 bits per heavy atom. The minimum absolute atomic E-state index is 0.0527. The fourth-order valence-corrected chi connectivity index (χ4v) is 1.12. The van der Waals surface area contributed by atoms with Crippen molar-refractivity contribution in [1.82, 2.24) is 0 Å². The lowest BCUT2D eigenvalue weighted by Crippen LogP contribution is -2.19. The monoisotopic (exact) mass is 278 g/mol. The first-order valence-corrected chi connectivity index (χ1v) is 5.09. The van der Waals surface area contributed by atoms with Crippen LogP contribution in [0.2, 0.25) is 0 Å². The molecule has 0 atom stereocenters. The van der Waals surface area contributed by atoms with E-state index < -0.39 is 32.0 Å². The molecule has 0 fully saturated rings. The van der Waals surface area contributed by atoms with Crippen molar-refractivity contribution in [2.45, 2.75) is 6.18 Å². The average molecular weight is 278 g/mol. The van der Waals surface area contributed by atoms with E-state index in [1.807, 2.05) is 0 Å². The highest BCUT2D eigenvalue weighted by Crippen LogP contribution is 2.20. The number of halogens is 4. The second kappa shape index (κ2) is 6.97. The van der Waals surface area contributed by atoms with Crippen LogP contribution < -0.4 is 4.74 Å². The van der Waals surface area contributed by atoms with Gasteiger partial charge in [-0.2, -0.15) is 13.2 Å². The molecule has 0 aliphatic carbocycles. The Morgan fingerprint density at radius 1 is 1.26 bits per heavy atom. The summed E-state index contributed by atoms with van der Waals surface area (Å²) in [6, 6.07) is 3.38. The molecule has 0 aliphatic rings. The minimum Gasteiger partial charge on any atom is -0.466 e. The largest absolute Gasteiger partial charge is 0.466 e. The minimum atomic E-state index is -4.45. The van der Waals surface area contributed by atoms with Gasteiger partial charge < -0.3 is 14.6 Å². The summed E-state index contributed by atoms with van der Waals surface area (Å²) in [5.41, 5.74) is 0.242. The van der Waals surface area contributed by atoms with Gasteiger partial charge >= 0.3 is 6.18 Å². The van der Waals surface area contributed by atoms with E-state index in [-0.39, 0.29) is 11.3 Å². The fourth-order valence-electron chi connectivity index (χ4n) is 1.12. The summed E-state index contributed by atoms with van der Waals surface area (Å²) in [5.74, 6) is 4.12. The van der Waals surface area contributed by atoms with Crippen molar-refractivity contribution in [3.8, 4) is 17.6 Å². The van der Waals surface area contributed by atoms with Crippen molar-refractivity contribution >= 4 is 0 Å². The highest BCUT2D eigenvalue weighted by Gasteiger charge is 2.27. The predicted octanol–water partition coefficient (Wildman–Crippen LogP) is 2.08. The van der Waals surface area contributed by atoms with Crippen LogP contribution in [0.1, 0.15) is 5.56 Å². The SMILES string of the molecule is OCC#Cc1ccc(F)cc1OCOCC(F)(F)F. The highest BCUT2D eigenvalue weighted by molar-refractivity contribution is 5.46. The van der Waals surface area contributed by atoms with Gasteiger partial charge in [0.25, 0.3) is 0 Å². The van der Waals surface area contributed by atoms with Gasteiger partial charge in [0.05, 0.1) is 5.56 Å². The Morgan fingerprint density at radius 3 is 2.63 bits per heavy atom. The van der Waals surface area contributed by atoms with Crippen molar-refractivity contribution in [2.75, 3.05) is 20.0 Å². The van der Waals surface area contributed by atoms with Crippen molar-refractivity contribution < 1.29 is 32.1 Å². The van der Waals surface area contributed by atoms with Crippen LogP contribution in [-0.4, -0.2) is 31.3 Å². The van der Waals surface area contributed by atoms with E-state index in [0.717, 1.165) is 12.1 Å². The Bertz CT molecular complexity index is 474. The smallest absolute Gasteiger partial charge is 0.411 e. The molecule has 3 nitrogen and oxygen atoms in total. The number of ether oxygens (including phenoxy) is 2. The summed E-state index contributed by atoms with van der Waals surface area (Å²) >= 11 is 0. The van der Waals surface area contributed by atoms with E-state index in [2.05, 4.69) is 16.6 Å². The maximum absolute atomic E-state index is 13.0. The molecule has 1 aromatic carbocycles. The molecule has 0 radical (unpaired) electrons. The summed E-state index contributed by atoms with van der Waals surface area (Å²) in [7, 11) is 0. The molecule has 0 saturated carbocycles. The Hall–Kier alpha value is -1.78. The zero-order valence-electron chi connectivity index (χ0n) is 9.63. The lowest BCUT2D eigenvalue weighted by atomic mass is 10.2. The van der Waals surface area contributed by atoms with Gasteiger partial charge in [-0.3, -0.25) is 0 Å². The zero-order valence-corrected chi connectivity index (χ0v) is 9.63. The number of aliphatic hydroxyl groups excluding tert-OH is 1. The van der Waals surface area contributed by atoms with Crippen LogP contribution in [-0.2, 0) is 4.74 Å². The van der Waals surface area contributed by atoms with Gasteiger partial charge in [-0.1, -0.05) is 11.8 Å². The van der Waals surface area contributed by atoms with Gasteiger partial charge in [0, 0.05) is 6.07 Å². The molecule has 0 amide bonds. The van der Waals surface area contributed by atoms with Gasteiger partial charge in [-0.05, 0) is 12.1 Å². The number of benzene rings is 1. The molecule has 7 heteroatoms. The number of rotatable bonds is 4. The average Bonchev–Trinajstić information content (AvgIpc) is 2.32. The zero-order chi connectivity index (χ0) is 14.3. The molecule has 1 N–H and O–H groups in total. The molecule has 1 aromatic rings. The molecule has 0 heterocycles. The topological polar surface area (TPSA) is 38.7 Å². The summed E-state index contributed by atoms with van der Waals surface area (Å²) < 4.78 is 57.5. The summed E-state index contributed by atoms with van der Waals surface area (Å²) in [4.78, 5) is 0. The molecule has 104 valence electrons. The van der Waals surface area contributed by atoms with Crippen molar-refractivity contribution in [1.29, 1.82) is 0 Å². The van der Waals surface area contributed by atoms with Crippen molar-refractivity contribution in [2.24, 2.45) is 0 Å². The third-order valence-electron chi connectivity index (χ3n) is 1.81. The first-order chi connectivity index (χ1) is 8.92. The Kier molecular flexibility index (Phi) is 5.60. The van der Waals surface area contributed by atoms with E-state index in [1.54, 1.807) is 0 Å². The highest BCUT2D eigenvalue weighted by atomic mass is 19.4. The maximum Gasteiger partial charge on any atom is 0.411 e. The van der Waals surface area contributed by atoms with Crippen LogP contribution >= 0.6 is 0 Å². The van der Waals surface area contributed by atoms with E-state index >= 15 is 0 Å². The fraction of sp³-hybridized carbons (Fsp3) is 0.333. The van der Waals surface area contributed by atoms with Gasteiger partial charge in [0.2, 0.25) is 0 Å². The molecule has 0 unspecified atom stereocenters. The molecular formula is C12H10F4O3. The molecule has 0 spiro atoms. The molecule has 0 aliphatic heterocycles. The summed E-state index contributed by atoms with van der Waals surface area (Å²) in [6.07, 6.45) is -4.45. The third-order valence-corrected chi connectivity index (χ3v) is 1.81. The molecule has 0 aromatic heterocycles. The number of hydrogen-bond acceptors (Lipinski definition) is 3. The first kappa shape index (κ1) is 15.3. The van der Waals surface area contributed by atoms with Crippen LogP contribution in [0.25, 0.3) is 0 Å². The molecule has 1 rings (SSSR count). The standard InChI is InChI=1S/C12H10F4O3/c13-10-4-3-9(2-1-5-17)11(6-10)19-8-18-7-12(14,15)16/h3-4,6,17H,5,7-8H2. The van der Waals surface area contributed by atoms with Gasteiger partial charge in [0.1, 0.15) is 24.8 Å². The Labute approximate surface area is 106 Å². The van der Waals surface area contributed by atoms with E-state index in [0.29, 0.717) is 0 Å². The van der Waals surface area contributed by atoms with Crippen LogP contribution in [0, 0.1) is 17.7 Å². The van der Waals surface area contributed by atoms with E-state index in [1.165, 1.54) is 6.07 Å². The molecule has 19 heavy (non-hydrogen) atoms. The maximum atomic E-state index is 13.0. The molecule has 0 saturated heterocycles. The van der Waals surface area contributed by atoms with Gasteiger partial charge in [-0.15, -0.1) is 0 Å². The summed E-state index contributed by atoms with van der Waals surface area (Å²) in [6.45, 7) is -2.54. The van der Waals surface area contributed by atoms with Gasteiger partial charge in [-0.25, -0.2) is 4.39 Å². The van der Waals surface area contributed by atoms with E-state index in [9.17, 15) is 17.6 Å². The molecule has 0 bridgehead atoms. The van der Waals surface area contributed by atoms with Gasteiger partial charge in [0.15, 0.2) is 6.79 Å².